The molecule has 3 rings (SSSR count). The van der Waals surface area contributed by atoms with Crippen LogP contribution in [0.4, 0.5) is 0 Å². The largest absolute Gasteiger partial charge is 0.478 e. The molecule has 6 unspecified atom stereocenters. The highest BCUT2D eigenvalue weighted by atomic mass is 32.2. The van der Waals surface area contributed by atoms with Crippen molar-refractivity contribution in [3.05, 3.63) is 24.3 Å². The second-order valence-electron chi connectivity index (χ2n) is 10.1. The van der Waals surface area contributed by atoms with Gasteiger partial charge in [0.1, 0.15) is 12.2 Å². The lowest BCUT2D eigenvalue weighted by Crippen LogP contribution is -2.30. The van der Waals surface area contributed by atoms with Gasteiger partial charge in [0.15, 0.2) is 0 Å². The fourth-order valence-electron chi connectivity index (χ4n) is 4.03. The fourth-order valence-corrected chi connectivity index (χ4v) is 15.6. The molecular weight excluding hydrogens is 753 g/mol. The zero-order chi connectivity index (χ0) is 33.0. The normalized spacial score (nSPS) is 24.7. The maximum absolute atomic E-state index is 12.2. The summed E-state index contributed by atoms with van der Waals surface area (Å²) in [6.45, 7) is 1.74. The van der Waals surface area contributed by atoms with E-state index in [0.29, 0.717) is 45.7 Å². The number of carboxylic acid groups (broad SMARTS) is 2. The molecule has 2 N–H and O–H groups in total. The Morgan fingerprint density at radius 1 is 0.652 bits per heavy atom. The van der Waals surface area contributed by atoms with Crippen LogP contribution in [0.5, 0.6) is 0 Å². The lowest BCUT2D eigenvalue weighted by Gasteiger charge is -2.29. The van der Waals surface area contributed by atoms with Gasteiger partial charge >= 0.3 is 23.9 Å². The highest BCUT2D eigenvalue weighted by Crippen LogP contribution is 2.35. The van der Waals surface area contributed by atoms with Crippen molar-refractivity contribution in [2.24, 2.45) is 0 Å². The predicted octanol–water partition coefficient (Wildman–Crippen LogP) is 4.42. The van der Waals surface area contributed by atoms with Crippen LogP contribution in [0.25, 0.3) is 0 Å². The molecule has 0 aromatic heterocycles. The zero-order valence-electron chi connectivity index (χ0n) is 25.1. The van der Waals surface area contributed by atoms with Gasteiger partial charge in [0.2, 0.25) is 0 Å². The van der Waals surface area contributed by atoms with Gasteiger partial charge in [0, 0.05) is 101 Å². The summed E-state index contributed by atoms with van der Waals surface area (Å²) in [5.74, 6) is 3.24. The van der Waals surface area contributed by atoms with E-state index >= 15 is 0 Å². The number of carboxylic acids is 2. The molecule has 0 saturated carbocycles. The molecule has 18 heteroatoms. The molecular formula is C28H40O10S8. The third-order valence-corrected chi connectivity index (χ3v) is 17.8. The standard InChI is InChI=1S/C28H40O10S8/c29-25(30)1-3-27(33)37-19(5-35-7-21-11-42-17-44-21)9-39-13-23-15-41-16-24(46-23)14-40-10-20(38-28(34)4-2-26(31)32)6-36-8-22-12-43-18-45-22/h1-4,19-24H,5-18H2,(H,29,30)(H,31,32)/b3-1-,4-2-. The van der Waals surface area contributed by atoms with Crippen molar-refractivity contribution >= 4 is 118 Å². The Hall–Kier alpha value is 0.0800. The van der Waals surface area contributed by atoms with E-state index in [0.717, 1.165) is 69.0 Å². The summed E-state index contributed by atoms with van der Waals surface area (Å²) in [5, 5.41) is 21.5. The lowest BCUT2D eigenvalue weighted by molar-refractivity contribution is -0.145. The average Bonchev–Trinajstić information content (AvgIpc) is 3.74. The van der Waals surface area contributed by atoms with E-state index < -0.39 is 36.1 Å². The van der Waals surface area contributed by atoms with E-state index in [2.05, 4.69) is 0 Å². The van der Waals surface area contributed by atoms with Crippen molar-refractivity contribution in [3.8, 4) is 0 Å². The van der Waals surface area contributed by atoms with Crippen LogP contribution < -0.4 is 0 Å². The molecule has 46 heavy (non-hydrogen) atoms. The predicted molar refractivity (Wildman–Crippen MR) is 199 cm³/mol. The van der Waals surface area contributed by atoms with E-state index in [9.17, 15) is 19.2 Å². The van der Waals surface area contributed by atoms with Gasteiger partial charge in [-0.2, -0.15) is 47.0 Å². The Bertz CT molecular complexity index is 931. The summed E-state index contributed by atoms with van der Waals surface area (Å²) in [5.41, 5.74) is 0. The van der Waals surface area contributed by atoms with E-state index in [4.69, 9.17) is 29.2 Å². The second-order valence-corrected chi connectivity index (χ2v) is 20.3. The molecule has 3 fully saturated rings. The molecule has 0 spiro atoms. The van der Waals surface area contributed by atoms with Crippen molar-refractivity contribution in [3.63, 3.8) is 0 Å². The first-order valence-corrected chi connectivity index (χ1v) is 23.2. The Morgan fingerprint density at radius 2 is 1.09 bits per heavy atom. The Labute approximate surface area is 304 Å². The van der Waals surface area contributed by atoms with Gasteiger partial charge < -0.3 is 29.2 Å². The molecule has 0 amide bonds. The van der Waals surface area contributed by atoms with Crippen molar-refractivity contribution in [2.75, 3.05) is 82.6 Å². The van der Waals surface area contributed by atoms with Crippen molar-refractivity contribution in [1.82, 2.24) is 0 Å². The highest BCUT2D eigenvalue weighted by Gasteiger charge is 2.26. The van der Waals surface area contributed by atoms with Gasteiger partial charge in [0.25, 0.3) is 0 Å². The Kier molecular flexibility index (Phi) is 21.4. The first kappa shape index (κ1) is 40.5. The van der Waals surface area contributed by atoms with Gasteiger partial charge in [-0.3, -0.25) is 0 Å². The summed E-state index contributed by atoms with van der Waals surface area (Å²) < 4.78 is 22.8. The minimum absolute atomic E-state index is 0.271. The number of aliphatic carboxylic acids is 2. The number of ether oxygens (including phenoxy) is 4. The lowest BCUT2D eigenvalue weighted by atomic mass is 10.4. The number of esters is 2. The zero-order valence-corrected chi connectivity index (χ0v) is 31.6. The van der Waals surface area contributed by atoms with Gasteiger partial charge in [-0.15, -0.1) is 47.0 Å². The minimum Gasteiger partial charge on any atom is -0.478 e. The second kappa shape index (κ2) is 24.3. The molecule has 260 valence electrons. The first-order chi connectivity index (χ1) is 22.3. The van der Waals surface area contributed by atoms with Crippen LogP contribution in [0.1, 0.15) is 0 Å². The van der Waals surface area contributed by atoms with Gasteiger partial charge in [-0.25, -0.2) is 19.2 Å². The van der Waals surface area contributed by atoms with Crippen molar-refractivity contribution < 1.29 is 48.3 Å². The SMILES string of the molecule is O=C(O)/C=C\C(=O)OC(COCC1CSCS1)CSCC1CSCC(CSCC(COCC2CSCS2)OC(=O)/C=C\C(=O)O)S1. The topological polar surface area (TPSA) is 146 Å². The van der Waals surface area contributed by atoms with Crippen LogP contribution in [-0.2, 0) is 38.1 Å². The van der Waals surface area contributed by atoms with E-state index in [1.807, 2.05) is 70.6 Å². The number of thioether (sulfide) groups is 8. The minimum atomic E-state index is -1.20. The molecule has 6 atom stereocenters. The molecule has 3 heterocycles. The van der Waals surface area contributed by atoms with Crippen LogP contribution in [0, 0.1) is 0 Å². The maximum Gasteiger partial charge on any atom is 0.331 e. The summed E-state index contributed by atoms with van der Waals surface area (Å²) in [7, 11) is 0. The molecule has 10 nitrogen and oxygen atoms in total. The van der Waals surface area contributed by atoms with Crippen LogP contribution in [0.15, 0.2) is 24.3 Å². The van der Waals surface area contributed by atoms with Crippen molar-refractivity contribution in [1.29, 1.82) is 0 Å². The summed E-state index contributed by atoms with van der Waals surface area (Å²) in [6.07, 6.45) is 2.47. The van der Waals surface area contributed by atoms with Gasteiger partial charge in [-0.05, 0) is 0 Å². The Morgan fingerprint density at radius 3 is 1.48 bits per heavy atom. The highest BCUT2D eigenvalue weighted by molar-refractivity contribution is 8.19. The summed E-state index contributed by atoms with van der Waals surface area (Å²) >= 11 is 14.8. The smallest absolute Gasteiger partial charge is 0.331 e. The van der Waals surface area contributed by atoms with Crippen LogP contribution >= 0.6 is 94.1 Å². The van der Waals surface area contributed by atoms with Gasteiger partial charge in [0.05, 0.1) is 26.4 Å². The van der Waals surface area contributed by atoms with Crippen LogP contribution in [0.2, 0.25) is 0 Å². The first-order valence-electron chi connectivity index (χ1n) is 14.4. The molecule has 3 saturated heterocycles. The number of hydrogen-bond acceptors (Lipinski definition) is 16. The number of carbonyl (C=O) groups excluding carboxylic acids is 2. The van der Waals surface area contributed by atoms with Crippen LogP contribution in [-0.4, -0.2) is 150 Å². The van der Waals surface area contributed by atoms with E-state index in [1.54, 1.807) is 23.5 Å². The van der Waals surface area contributed by atoms with Crippen LogP contribution in [0.3, 0.4) is 0 Å². The monoisotopic (exact) mass is 792 g/mol. The van der Waals surface area contributed by atoms with E-state index in [-0.39, 0.29) is 13.2 Å². The number of rotatable bonds is 22. The molecule has 0 bridgehead atoms. The fraction of sp³-hybridized carbons (Fsp3) is 0.714. The van der Waals surface area contributed by atoms with Crippen molar-refractivity contribution in [2.45, 2.75) is 33.2 Å². The third-order valence-electron chi connectivity index (χ3n) is 6.09. The molecule has 0 aromatic rings. The molecule has 0 radical (unpaired) electrons. The average molecular weight is 793 g/mol. The maximum atomic E-state index is 12.2. The number of hydrogen-bond donors (Lipinski definition) is 2. The summed E-state index contributed by atoms with van der Waals surface area (Å²) in [6, 6.07) is 0. The molecule has 3 aliphatic rings. The van der Waals surface area contributed by atoms with E-state index in [1.165, 1.54) is 0 Å². The van der Waals surface area contributed by atoms with Gasteiger partial charge in [-0.1, -0.05) is 0 Å². The quantitative estimate of drug-likeness (QED) is 0.118. The molecule has 0 aliphatic carbocycles. The summed E-state index contributed by atoms with van der Waals surface area (Å²) in [4.78, 5) is 45.9. The third kappa shape index (κ3) is 18.7. The molecule has 0 aromatic carbocycles. The number of carbonyl (C=O) groups is 4. The molecule has 3 aliphatic heterocycles. The Balaban J connectivity index is 1.40.